The van der Waals surface area contributed by atoms with Crippen molar-refractivity contribution in [1.29, 1.82) is 5.26 Å². The molecule has 1 aromatic heterocycles. The fraction of sp³-hybridized carbons (Fsp3) is 0.486. The number of hydrogen-bond acceptors (Lipinski definition) is 6. The number of nitrogen functional groups attached to an aromatic ring is 1. The number of pyridine rings is 1. The van der Waals surface area contributed by atoms with Crippen LogP contribution >= 0.6 is 0 Å². The lowest BCUT2D eigenvalue weighted by Crippen LogP contribution is -2.10. The van der Waals surface area contributed by atoms with Crippen molar-refractivity contribution in [1.82, 2.24) is 4.98 Å². The van der Waals surface area contributed by atoms with E-state index < -0.39 is 0 Å². The predicted octanol–water partition coefficient (Wildman–Crippen LogP) is 9.78. The minimum atomic E-state index is 0.00855. The van der Waals surface area contributed by atoms with Gasteiger partial charge in [-0.3, -0.25) is 4.79 Å². The number of unbranched alkanes of at least 4 members (excludes halogenated alkanes) is 14. The number of phenols is 1. The number of methoxy groups -OCH3 is 1. The van der Waals surface area contributed by atoms with Crippen LogP contribution in [-0.2, 0) is 4.79 Å². The van der Waals surface area contributed by atoms with Crippen LogP contribution in [0, 0.1) is 11.3 Å². The number of nitrogens with one attached hydrogen (secondary N) is 1. The zero-order valence-corrected chi connectivity index (χ0v) is 26.7. The molecular formula is C37H50N4O3. The van der Waals surface area contributed by atoms with Gasteiger partial charge in [-0.2, -0.15) is 5.26 Å². The van der Waals surface area contributed by atoms with Crippen molar-refractivity contribution in [2.75, 3.05) is 18.2 Å². The van der Waals surface area contributed by atoms with Gasteiger partial charge in [0.1, 0.15) is 17.5 Å². The highest BCUT2D eigenvalue weighted by atomic mass is 16.5. The van der Waals surface area contributed by atoms with Crippen molar-refractivity contribution < 1.29 is 14.6 Å². The molecule has 0 saturated carbocycles. The predicted molar refractivity (Wildman–Crippen MR) is 181 cm³/mol. The molecule has 3 rings (SSSR count). The maximum Gasteiger partial charge on any atom is 0.224 e. The molecule has 0 aliphatic heterocycles. The maximum absolute atomic E-state index is 12.5. The Morgan fingerprint density at radius 1 is 0.841 bits per heavy atom. The van der Waals surface area contributed by atoms with E-state index in [0.717, 1.165) is 24.1 Å². The van der Waals surface area contributed by atoms with E-state index in [1.165, 1.54) is 96.6 Å². The zero-order chi connectivity index (χ0) is 31.6. The third-order valence-electron chi connectivity index (χ3n) is 8.12. The van der Waals surface area contributed by atoms with E-state index in [1.807, 2.05) is 24.3 Å². The number of anilines is 2. The number of carbonyl (C=O) groups is 1. The third kappa shape index (κ3) is 11.2. The van der Waals surface area contributed by atoms with Gasteiger partial charge in [-0.15, -0.1) is 0 Å². The summed E-state index contributed by atoms with van der Waals surface area (Å²) in [4.78, 5) is 16.9. The summed E-state index contributed by atoms with van der Waals surface area (Å²) in [5.41, 5.74) is 9.81. The average Bonchev–Trinajstić information content (AvgIpc) is 3.03. The summed E-state index contributed by atoms with van der Waals surface area (Å²) in [5, 5.41) is 22.7. The van der Waals surface area contributed by atoms with Crippen molar-refractivity contribution in [3.8, 4) is 40.0 Å². The minimum Gasteiger partial charge on any atom is -0.504 e. The Bertz CT molecular complexity index is 1350. The van der Waals surface area contributed by atoms with E-state index in [0.29, 0.717) is 29.0 Å². The van der Waals surface area contributed by atoms with Gasteiger partial charge in [0.2, 0.25) is 5.91 Å². The minimum absolute atomic E-state index is 0.00855. The normalized spacial score (nSPS) is 10.8. The SMILES string of the molecule is CCCCCCCCCCCCCCCCCC(=O)Nc1ccc(-c2cc(-c3ccc(O)c(OC)c3)c(C#N)c(N)n2)cc1. The topological polar surface area (TPSA) is 121 Å². The second-order valence-electron chi connectivity index (χ2n) is 11.6. The van der Waals surface area contributed by atoms with Gasteiger partial charge in [0.25, 0.3) is 0 Å². The van der Waals surface area contributed by atoms with Gasteiger partial charge in [0.15, 0.2) is 11.5 Å². The fourth-order valence-corrected chi connectivity index (χ4v) is 5.51. The lowest BCUT2D eigenvalue weighted by molar-refractivity contribution is -0.116. The molecule has 7 nitrogen and oxygen atoms in total. The van der Waals surface area contributed by atoms with Gasteiger partial charge in [-0.25, -0.2) is 4.98 Å². The first-order valence-corrected chi connectivity index (χ1v) is 16.4. The van der Waals surface area contributed by atoms with Crippen molar-refractivity contribution in [2.45, 2.75) is 110 Å². The second kappa shape index (κ2) is 19.3. The molecule has 44 heavy (non-hydrogen) atoms. The molecule has 4 N–H and O–H groups in total. The second-order valence-corrected chi connectivity index (χ2v) is 11.6. The molecule has 0 unspecified atom stereocenters. The molecule has 0 saturated heterocycles. The Hall–Kier alpha value is -4.05. The molecule has 0 fully saturated rings. The summed E-state index contributed by atoms with van der Waals surface area (Å²) in [6, 6.07) is 16.2. The van der Waals surface area contributed by atoms with Crippen LogP contribution < -0.4 is 15.8 Å². The molecule has 2 aromatic carbocycles. The van der Waals surface area contributed by atoms with E-state index in [4.69, 9.17) is 10.5 Å². The molecule has 1 amide bonds. The van der Waals surface area contributed by atoms with Gasteiger partial charge in [0, 0.05) is 23.2 Å². The molecule has 1 heterocycles. The number of rotatable bonds is 20. The maximum atomic E-state index is 12.5. The first kappa shape index (κ1) is 34.4. The van der Waals surface area contributed by atoms with E-state index >= 15 is 0 Å². The average molecular weight is 599 g/mol. The molecule has 0 spiro atoms. The lowest BCUT2D eigenvalue weighted by atomic mass is 9.98. The van der Waals surface area contributed by atoms with Crippen LogP contribution in [0.5, 0.6) is 11.5 Å². The van der Waals surface area contributed by atoms with Crippen LogP contribution in [0.4, 0.5) is 11.5 Å². The Morgan fingerprint density at radius 3 is 1.93 bits per heavy atom. The number of carbonyl (C=O) groups excluding carboxylic acids is 1. The van der Waals surface area contributed by atoms with Crippen LogP contribution in [0.3, 0.4) is 0 Å². The molecule has 236 valence electrons. The first-order valence-electron chi connectivity index (χ1n) is 16.4. The fourth-order valence-electron chi connectivity index (χ4n) is 5.51. The lowest BCUT2D eigenvalue weighted by Gasteiger charge is -2.12. The standard InChI is InChI=1S/C37H50N4O3/c1-3-4-5-6-7-8-9-10-11-12-13-14-15-16-17-18-36(43)40-30-22-19-28(20-23-30)33-26-31(32(27-38)37(39)41-33)29-21-24-34(42)35(25-29)44-2/h19-26,42H,3-18H2,1-2H3,(H2,39,41)(H,40,43). The van der Waals surface area contributed by atoms with Crippen molar-refractivity contribution in [3.63, 3.8) is 0 Å². The summed E-state index contributed by atoms with van der Waals surface area (Å²) in [6.07, 6.45) is 20.1. The van der Waals surface area contributed by atoms with Crippen LogP contribution in [0.1, 0.15) is 115 Å². The number of hydrogen-bond donors (Lipinski definition) is 3. The number of ether oxygens (including phenoxy) is 1. The van der Waals surface area contributed by atoms with E-state index in [9.17, 15) is 15.2 Å². The van der Waals surface area contributed by atoms with Gasteiger partial charge in [-0.1, -0.05) is 115 Å². The largest absolute Gasteiger partial charge is 0.504 e. The smallest absolute Gasteiger partial charge is 0.224 e. The summed E-state index contributed by atoms with van der Waals surface area (Å²) in [5.74, 6) is 0.451. The highest BCUT2D eigenvalue weighted by molar-refractivity contribution is 5.91. The third-order valence-corrected chi connectivity index (χ3v) is 8.12. The van der Waals surface area contributed by atoms with E-state index in [2.05, 4.69) is 23.3 Å². The van der Waals surface area contributed by atoms with Gasteiger partial charge in [-0.05, 0) is 42.3 Å². The summed E-state index contributed by atoms with van der Waals surface area (Å²) < 4.78 is 5.23. The van der Waals surface area contributed by atoms with Crippen molar-refractivity contribution in [2.24, 2.45) is 0 Å². The Balaban J connectivity index is 1.39. The number of phenolic OH excluding ortho intramolecular Hbond substituents is 1. The number of nitrogens with two attached hydrogens (primary N) is 1. The summed E-state index contributed by atoms with van der Waals surface area (Å²) in [6.45, 7) is 2.27. The Kier molecular flexibility index (Phi) is 15.1. The molecule has 7 heteroatoms. The van der Waals surface area contributed by atoms with E-state index in [-0.39, 0.29) is 23.0 Å². The Morgan fingerprint density at radius 2 is 1.39 bits per heavy atom. The molecular weight excluding hydrogens is 548 g/mol. The first-order chi connectivity index (χ1) is 21.5. The number of aromatic nitrogens is 1. The quantitative estimate of drug-likeness (QED) is 0.111. The van der Waals surface area contributed by atoms with Crippen LogP contribution in [0.2, 0.25) is 0 Å². The number of nitrogens with zero attached hydrogens (tertiary/aromatic N) is 2. The monoisotopic (exact) mass is 598 g/mol. The van der Waals surface area contributed by atoms with Crippen LogP contribution in [-0.4, -0.2) is 23.1 Å². The number of benzene rings is 2. The number of amides is 1. The number of nitriles is 1. The van der Waals surface area contributed by atoms with Crippen molar-refractivity contribution >= 4 is 17.4 Å². The van der Waals surface area contributed by atoms with Gasteiger partial charge < -0.3 is 20.9 Å². The zero-order valence-electron chi connectivity index (χ0n) is 26.7. The highest BCUT2D eigenvalue weighted by Gasteiger charge is 2.15. The molecule has 0 atom stereocenters. The molecule has 3 aromatic rings. The van der Waals surface area contributed by atoms with Gasteiger partial charge in [0.05, 0.1) is 12.8 Å². The number of aromatic hydroxyl groups is 1. The molecule has 0 bridgehead atoms. The molecule has 0 aliphatic rings. The van der Waals surface area contributed by atoms with Crippen LogP contribution in [0.15, 0.2) is 48.5 Å². The van der Waals surface area contributed by atoms with Gasteiger partial charge >= 0.3 is 0 Å². The van der Waals surface area contributed by atoms with Crippen molar-refractivity contribution in [3.05, 3.63) is 54.1 Å². The summed E-state index contributed by atoms with van der Waals surface area (Å²) >= 11 is 0. The highest BCUT2D eigenvalue weighted by Crippen LogP contribution is 2.36. The summed E-state index contributed by atoms with van der Waals surface area (Å²) in [7, 11) is 1.47. The molecule has 0 aliphatic carbocycles. The Labute approximate surface area is 263 Å². The molecule has 0 radical (unpaired) electrons. The van der Waals surface area contributed by atoms with E-state index in [1.54, 1.807) is 18.2 Å². The van der Waals surface area contributed by atoms with Crippen LogP contribution in [0.25, 0.3) is 22.4 Å².